The molecule has 0 unspecified atom stereocenters. The monoisotopic (exact) mass is 529 g/mol. The Bertz CT molecular complexity index is 1310. The summed E-state index contributed by atoms with van der Waals surface area (Å²) in [6, 6.07) is 11.7. The van der Waals surface area contributed by atoms with Crippen LogP contribution in [0.5, 0.6) is 0 Å². The number of carboxylic acid groups (broad SMARTS) is 2. The van der Waals surface area contributed by atoms with Crippen LogP contribution in [0.15, 0.2) is 42.7 Å². The zero-order valence-corrected chi connectivity index (χ0v) is 20.3. The number of aryl methyl sites for hydroxylation is 3. The molecule has 38 heavy (non-hydrogen) atoms. The zero-order chi connectivity index (χ0) is 27.7. The smallest absolute Gasteiger partial charge is 0.477 e. The molecule has 0 spiro atoms. The van der Waals surface area contributed by atoms with Crippen molar-refractivity contribution in [3.63, 3.8) is 0 Å². The van der Waals surface area contributed by atoms with Crippen LogP contribution in [0.25, 0.3) is 11.3 Å². The summed E-state index contributed by atoms with van der Waals surface area (Å²) in [7, 11) is 0. The molecule has 2 aromatic heterocycles. The number of aliphatic carboxylic acids is 1. The zero-order valence-electron chi connectivity index (χ0n) is 20.3. The molecule has 0 radical (unpaired) electrons. The number of hydrogen-bond acceptors (Lipinski definition) is 6. The van der Waals surface area contributed by atoms with Crippen LogP contribution in [0.1, 0.15) is 45.6 Å². The number of nitrogens with zero attached hydrogens (tertiary/aromatic N) is 4. The van der Waals surface area contributed by atoms with E-state index in [0.717, 1.165) is 61.2 Å². The average molecular weight is 530 g/mol. The molecule has 3 aromatic rings. The summed E-state index contributed by atoms with van der Waals surface area (Å²) in [5, 5.41) is 33.8. The van der Waals surface area contributed by atoms with Crippen molar-refractivity contribution in [1.82, 2.24) is 20.1 Å². The van der Waals surface area contributed by atoms with Crippen molar-refractivity contribution in [3.8, 4) is 17.3 Å². The van der Waals surface area contributed by atoms with Gasteiger partial charge < -0.3 is 15.5 Å². The molecule has 2 heterocycles. The van der Waals surface area contributed by atoms with Gasteiger partial charge in [-0.3, -0.25) is 9.67 Å². The summed E-state index contributed by atoms with van der Waals surface area (Å²) >= 11 is 0. The van der Waals surface area contributed by atoms with Crippen LogP contribution in [0.3, 0.4) is 0 Å². The maximum absolute atomic E-state index is 11.9. The molecule has 0 saturated carbocycles. The Labute approximate surface area is 216 Å². The fourth-order valence-electron chi connectivity index (χ4n) is 4.11. The first-order valence-electron chi connectivity index (χ1n) is 11.9. The minimum Gasteiger partial charge on any atom is -0.477 e. The Kier molecular flexibility index (Phi) is 9.56. The molecule has 0 atom stereocenters. The number of aromatic carboxylic acids is 1. The van der Waals surface area contributed by atoms with Gasteiger partial charge in [-0.2, -0.15) is 23.5 Å². The normalized spacial score (nSPS) is 11.9. The number of nitriles is 1. The lowest BCUT2D eigenvalue weighted by molar-refractivity contribution is -0.192. The first-order valence-corrected chi connectivity index (χ1v) is 11.9. The van der Waals surface area contributed by atoms with E-state index in [1.165, 1.54) is 5.56 Å². The topological polar surface area (TPSA) is 141 Å². The van der Waals surface area contributed by atoms with Gasteiger partial charge in [0.15, 0.2) is 0 Å². The van der Waals surface area contributed by atoms with Crippen molar-refractivity contribution < 1.29 is 33.0 Å². The van der Waals surface area contributed by atoms with Gasteiger partial charge in [-0.1, -0.05) is 12.1 Å². The molecule has 0 aliphatic heterocycles. The molecule has 4 rings (SSSR count). The molecule has 200 valence electrons. The lowest BCUT2D eigenvalue weighted by atomic mass is 9.90. The number of hydrogen-bond donors (Lipinski definition) is 3. The Morgan fingerprint density at radius 2 is 1.76 bits per heavy atom. The second kappa shape index (κ2) is 12.8. The fraction of sp³-hybridized carbons (Fsp3) is 0.346. The van der Waals surface area contributed by atoms with Crippen molar-refractivity contribution in [3.05, 3.63) is 70.7 Å². The summed E-state index contributed by atoms with van der Waals surface area (Å²) in [6.07, 6.45) is 2.75. The number of alkyl halides is 3. The van der Waals surface area contributed by atoms with Gasteiger partial charge in [-0.15, -0.1) is 0 Å². The lowest BCUT2D eigenvalue weighted by Gasteiger charge is -2.14. The minimum atomic E-state index is -5.08. The summed E-state index contributed by atoms with van der Waals surface area (Å²) < 4.78 is 33.4. The maximum Gasteiger partial charge on any atom is 0.490 e. The van der Waals surface area contributed by atoms with E-state index in [-0.39, 0.29) is 0 Å². The number of benzene rings is 1. The van der Waals surface area contributed by atoms with Gasteiger partial charge in [0.1, 0.15) is 5.69 Å². The van der Waals surface area contributed by atoms with Crippen LogP contribution >= 0.6 is 0 Å². The third-order valence-corrected chi connectivity index (χ3v) is 5.92. The third-order valence-electron chi connectivity index (χ3n) is 5.92. The number of carboxylic acids is 2. The third kappa shape index (κ3) is 7.39. The van der Waals surface area contributed by atoms with Gasteiger partial charge in [-0.05, 0) is 74.5 Å². The molecular weight excluding hydrogens is 503 g/mol. The largest absolute Gasteiger partial charge is 0.490 e. The number of halogens is 3. The van der Waals surface area contributed by atoms with Gasteiger partial charge in [0.05, 0.1) is 17.3 Å². The second-order valence-electron chi connectivity index (χ2n) is 8.56. The molecule has 12 heteroatoms. The van der Waals surface area contributed by atoms with Crippen LogP contribution in [-0.2, 0) is 30.6 Å². The van der Waals surface area contributed by atoms with E-state index in [2.05, 4.69) is 21.5 Å². The quantitative estimate of drug-likeness (QED) is 0.355. The van der Waals surface area contributed by atoms with E-state index < -0.39 is 18.1 Å². The number of carbonyl (C=O) groups is 2. The molecule has 1 aliphatic rings. The Morgan fingerprint density at radius 3 is 2.39 bits per heavy atom. The van der Waals surface area contributed by atoms with Crippen LogP contribution < -0.4 is 5.32 Å². The number of nitrogens with one attached hydrogen (secondary N) is 1. The highest BCUT2D eigenvalue weighted by atomic mass is 19.4. The summed E-state index contributed by atoms with van der Waals surface area (Å²) in [6.45, 7) is 2.26. The molecule has 0 amide bonds. The van der Waals surface area contributed by atoms with Gasteiger partial charge in [0.25, 0.3) is 0 Å². The highest BCUT2D eigenvalue weighted by Gasteiger charge is 2.38. The minimum absolute atomic E-state index is 0.318. The fourth-order valence-corrected chi connectivity index (χ4v) is 4.11. The lowest BCUT2D eigenvalue weighted by Crippen LogP contribution is -2.21. The van der Waals surface area contributed by atoms with Crippen LogP contribution in [-0.4, -0.2) is 56.2 Å². The van der Waals surface area contributed by atoms with Crippen molar-refractivity contribution in [2.75, 3.05) is 13.1 Å². The number of fused-ring (bicyclic) bond motifs is 3. The first-order chi connectivity index (χ1) is 18.1. The van der Waals surface area contributed by atoms with Crippen molar-refractivity contribution >= 4 is 11.9 Å². The molecule has 0 bridgehead atoms. The van der Waals surface area contributed by atoms with Gasteiger partial charge in [-0.25, -0.2) is 9.59 Å². The average Bonchev–Trinajstić information content (AvgIpc) is 3.27. The highest BCUT2D eigenvalue weighted by Crippen LogP contribution is 2.34. The van der Waals surface area contributed by atoms with E-state index in [9.17, 15) is 23.1 Å². The van der Waals surface area contributed by atoms with Crippen LogP contribution in [0, 0.1) is 11.3 Å². The Morgan fingerprint density at radius 1 is 1.08 bits per heavy atom. The van der Waals surface area contributed by atoms with Crippen molar-refractivity contribution in [2.24, 2.45) is 0 Å². The molecule has 0 saturated heterocycles. The van der Waals surface area contributed by atoms with E-state index >= 15 is 0 Å². The first kappa shape index (κ1) is 28.3. The van der Waals surface area contributed by atoms with E-state index in [1.807, 2.05) is 36.5 Å². The summed E-state index contributed by atoms with van der Waals surface area (Å²) in [5.41, 5.74) is 5.97. The molecule has 0 fully saturated rings. The highest BCUT2D eigenvalue weighted by molar-refractivity contribution is 5.90. The maximum atomic E-state index is 11.9. The van der Waals surface area contributed by atoms with E-state index in [4.69, 9.17) is 15.2 Å². The van der Waals surface area contributed by atoms with Crippen LogP contribution in [0.4, 0.5) is 13.2 Å². The molecule has 1 aromatic carbocycles. The van der Waals surface area contributed by atoms with Crippen molar-refractivity contribution in [2.45, 2.75) is 44.8 Å². The van der Waals surface area contributed by atoms with Gasteiger partial charge >= 0.3 is 18.1 Å². The molecule has 3 N–H and O–H groups in total. The van der Waals surface area contributed by atoms with E-state index in [0.29, 0.717) is 24.2 Å². The summed E-state index contributed by atoms with van der Waals surface area (Å²) in [5.74, 6) is -3.67. The van der Waals surface area contributed by atoms with E-state index in [1.54, 1.807) is 10.9 Å². The number of pyridine rings is 1. The van der Waals surface area contributed by atoms with Gasteiger partial charge in [0, 0.05) is 30.1 Å². The molecule has 9 nitrogen and oxygen atoms in total. The number of rotatable bonds is 9. The Hall–Kier alpha value is -4.24. The molecular formula is C26H26F3N5O4. The van der Waals surface area contributed by atoms with Crippen molar-refractivity contribution in [1.29, 1.82) is 5.26 Å². The Balaban J connectivity index is 0.000000505. The van der Waals surface area contributed by atoms with Gasteiger partial charge in [0.2, 0.25) is 0 Å². The standard InChI is InChI=1S/C24H25N5O2.C2HF3O2/c25-15-18-6-4-17(5-7-18)3-1-11-26-12-2-14-29-23(24(30)31)21-9-8-19-16-27-13-10-20(19)22(21)28-29;3-2(4,5)1(6)7/h4-7,10,13,16,26H,1-3,8-9,11-12,14H2,(H,30,31);(H,6,7). The summed E-state index contributed by atoms with van der Waals surface area (Å²) in [4.78, 5) is 25.0. The predicted molar refractivity (Wildman–Crippen MR) is 130 cm³/mol. The molecule has 1 aliphatic carbocycles. The number of aromatic nitrogens is 3. The van der Waals surface area contributed by atoms with Crippen LogP contribution in [0.2, 0.25) is 0 Å². The SMILES string of the molecule is N#Cc1ccc(CCCNCCCn2nc3c(c2C(=O)O)CCc2cnccc2-3)cc1.O=C(O)C(F)(F)F. The predicted octanol–water partition coefficient (Wildman–Crippen LogP) is 3.86. The second-order valence-corrected chi connectivity index (χ2v) is 8.56.